The van der Waals surface area contributed by atoms with Gasteiger partial charge in [-0.3, -0.25) is 9.78 Å². The number of amides is 1. The second kappa shape index (κ2) is 8.95. The van der Waals surface area contributed by atoms with Crippen LogP contribution >= 0.6 is 0 Å². The molecule has 1 N–H and O–H groups in total. The predicted octanol–water partition coefficient (Wildman–Crippen LogP) is 4.53. The Labute approximate surface area is 184 Å². The summed E-state index contributed by atoms with van der Waals surface area (Å²) in [5, 5.41) is 3.02. The van der Waals surface area contributed by atoms with Gasteiger partial charge in [-0.25, -0.2) is 4.39 Å². The fourth-order valence-corrected chi connectivity index (χ4v) is 4.57. The lowest BCUT2D eigenvalue weighted by atomic mass is 9.95. The van der Waals surface area contributed by atoms with Crippen molar-refractivity contribution < 1.29 is 13.9 Å². The van der Waals surface area contributed by atoms with Crippen LogP contribution in [0, 0.1) is 25.6 Å². The summed E-state index contributed by atoms with van der Waals surface area (Å²) in [5.41, 5.74) is 5.42. The van der Waals surface area contributed by atoms with E-state index < -0.39 is 0 Å². The summed E-state index contributed by atoms with van der Waals surface area (Å²) in [4.78, 5) is 19.1. The largest absolute Gasteiger partial charge is 0.372 e. The summed E-state index contributed by atoms with van der Waals surface area (Å²) >= 11 is 0. The van der Waals surface area contributed by atoms with Crippen molar-refractivity contribution in [1.82, 2.24) is 10.3 Å². The van der Waals surface area contributed by atoms with Crippen molar-refractivity contribution in [2.75, 3.05) is 18.0 Å². The molecular weight excluding hydrogens is 393 g/mol. The van der Waals surface area contributed by atoms with E-state index in [-0.39, 0.29) is 23.9 Å². The molecule has 1 aromatic carbocycles. The number of aryl methyl sites for hydroxylation is 2. The van der Waals surface area contributed by atoms with Crippen molar-refractivity contribution in [2.45, 2.75) is 65.7 Å². The van der Waals surface area contributed by atoms with Crippen molar-refractivity contribution in [3.8, 4) is 11.1 Å². The molecule has 0 spiro atoms. The Hall–Kier alpha value is -2.47. The van der Waals surface area contributed by atoms with Gasteiger partial charge in [0.2, 0.25) is 5.91 Å². The first-order chi connectivity index (χ1) is 14.8. The van der Waals surface area contributed by atoms with E-state index in [2.05, 4.69) is 15.2 Å². The van der Waals surface area contributed by atoms with E-state index in [4.69, 9.17) is 4.74 Å². The highest BCUT2D eigenvalue weighted by atomic mass is 19.1. The first kappa shape index (κ1) is 21.8. The van der Waals surface area contributed by atoms with E-state index in [0.29, 0.717) is 32.0 Å². The molecule has 166 valence electrons. The standard InChI is InChI=1S/C25H32FN3O2/c1-15-7-20(8-16(2)28-15)25-21(12-27-24(30)9-19-5-6-19)10-22(26)11-23(25)29-13-17(3)31-18(4)14-29/h7-8,10-11,17-19H,5-6,9,12-14H2,1-4H3,(H,27,30)/t17-,18+. The maximum Gasteiger partial charge on any atom is 0.220 e. The molecule has 0 unspecified atom stereocenters. The van der Waals surface area contributed by atoms with Gasteiger partial charge in [-0.2, -0.15) is 0 Å². The molecule has 5 nitrogen and oxygen atoms in total. The van der Waals surface area contributed by atoms with Crippen molar-refractivity contribution in [3.63, 3.8) is 0 Å². The van der Waals surface area contributed by atoms with E-state index >= 15 is 0 Å². The molecule has 2 aromatic rings. The van der Waals surface area contributed by atoms with Gasteiger partial charge in [-0.15, -0.1) is 0 Å². The first-order valence-corrected chi connectivity index (χ1v) is 11.2. The third kappa shape index (κ3) is 5.42. The molecule has 0 radical (unpaired) electrons. The quantitative estimate of drug-likeness (QED) is 0.739. The molecule has 2 atom stereocenters. The fraction of sp³-hybridized carbons (Fsp3) is 0.520. The summed E-state index contributed by atoms with van der Waals surface area (Å²) in [6.45, 7) is 9.71. The zero-order chi connectivity index (χ0) is 22.1. The Kier molecular flexibility index (Phi) is 6.28. The number of rotatable bonds is 6. The van der Waals surface area contributed by atoms with Crippen molar-refractivity contribution in [3.05, 3.63) is 47.0 Å². The zero-order valence-electron chi connectivity index (χ0n) is 18.9. The highest BCUT2D eigenvalue weighted by molar-refractivity contribution is 5.83. The zero-order valence-corrected chi connectivity index (χ0v) is 18.9. The molecule has 6 heteroatoms. The molecule has 1 aliphatic heterocycles. The molecule has 1 aromatic heterocycles. The number of aromatic nitrogens is 1. The van der Waals surface area contributed by atoms with Gasteiger partial charge in [0.25, 0.3) is 0 Å². The molecule has 1 aliphatic carbocycles. The van der Waals surface area contributed by atoms with Crippen LogP contribution in [0.25, 0.3) is 11.1 Å². The molecule has 4 rings (SSSR count). The molecule has 1 saturated heterocycles. The SMILES string of the molecule is Cc1cc(-c2c(CNC(=O)CC3CC3)cc(F)cc2N2C[C@@H](C)O[C@@H](C)C2)cc(C)n1. The molecule has 2 heterocycles. The van der Waals surface area contributed by atoms with Gasteiger partial charge in [0, 0.05) is 48.7 Å². The van der Waals surface area contributed by atoms with Gasteiger partial charge in [0.05, 0.1) is 12.2 Å². The lowest BCUT2D eigenvalue weighted by molar-refractivity contribution is -0.121. The van der Waals surface area contributed by atoms with Gasteiger partial charge in [0.15, 0.2) is 0 Å². The molecule has 0 bridgehead atoms. The fourth-order valence-electron chi connectivity index (χ4n) is 4.57. The number of nitrogens with zero attached hydrogens (tertiary/aromatic N) is 2. The Balaban J connectivity index is 1.75. The number of ether oxygens (including phenoxy) is 1. The highest BCUT2D eigenvalue weighted by Crippen LogP contribution is 2.37. The lowest BCUT2D eigenvalue weighted by Crippen LogP contribution is -2.45. The number of anilines is 1. The van der Waals surface area contributed by atoms with Crippen molar-refractivity contribution in [2.24, 2.45) is 5.92 Å². The van der Waals surface area contributed by atoms with E-state index in [1.54, 1.807) is 12.1 Å². The number of carbonyl (C=O) groups excluding carboxylic acids is 1. The summed E-state index contributed by atoms with van der Waals surface area (Å²) in [5.74, 6) is 0.263. The molecule has 31 heavy (non-hydrogen) atoms. The van der Waals surface area contributed by atoms with Crippen LogP contribution in [0.3, 0.4) is 0 Å². The third-order valence-electron chi connectivity index (χ3n) is 5.94. The van der Waals surface area contributed by atoms with Crippen LogP contribution in [0.15, 0.2) is 24.3 Å². The van der Waals surface area contributed by atoms with Crippen LogP contribution in [-0.2, 0) is 16.1 Å². The average molecular weight is 426 g/mol. The normalized spacial score (nSPS) is 21.3. The second-order valence-electron chi connectivity index (χ2n) is 9.18. The number of benzene rings is 1. The summed E-state index contributed by atoms with van der Waals surface area (Å²) < 4.78 is 20.7. The van der Waals surface area contributed by atoms with Gasteiger partial charge in [-0.1, -0.05) is 0 Å². The Morgan fingerprint density at radius 1 is 1.13 bits per heavy atom. The van der Waals surface area contributed by atoms with Gasteiger partial charge in [0.1, 0.15) is 5.82 Å². The van der Waals surface area contributed by atoms with Crippen LogP contribution in [0.2, 0.25) is 0 Å². The number of halogens is 1. The van der Waals surface area contributed by atoms with Crippen LogP contribution < -0.4 is 10.2 Å². The van der Waals surface area contributed by atoms with Crippen LogP contribution in [-0.4, -0.2) is 36.2 Å². The van der Waals surface area contributed by atoms with Gasteiger partial charge in [-0.05, 0) is 81.8 Å². The molecular formula is C25H32FN3O2. The van der Waals surface area contributed by atoms with Crippen LogP contribution in [0.1, 0.15) is 50.1 Å². The third-order valence-corrected chi connectivity index (χ3v) is 5.94. The van der Waals surface area contributed by atoms with Crippen molar-refractivity contribution >= 4 is 11.6 Å². The maximum absolute atomic E-state index is 14.8. The Morgan fingerprint density at radius 2 is 1.77 bits per heavy atom. The maximum atomic E-state index is 14.8. The number of carbonyl (C=O) groups is 1. The van der Waals surface area contributed by atoms with E-state index in [0.717, 1.165) is 46.6 Å². The number of hydrogen-bond donors (Lipinski definition) is 1. The number of pyridine rings is 1. The predicted molar refractivity (Wildman–Crippen MR) is 121 cm³/mol. The Bertz CT molecular complexity index is 943. The average Bonchev–Trinajstić information content (AvgIpc) is 3.48. The molecule has 2 fully saturated rings. The minimum Gasteiger partial charge on any atom is -0.372 e. The lowest BCUT2D eigenvalue weighted by Gasteiger charge is -2.38. The molecule has 2 aliphatic rings. The summed E-state index contributed by atoms with van der Waals surface area (Å²) in [6.07, 6.45) is 2.94. The monoisotopic (exact) mass is 425 g/mol. The minimum atomic E-state index is -0.292. The second-order valence-corrected chi connectivity index (χ2v) is 9.18. The van der Waals surface area contributed by atoms with E-state index in [1.165, 1.54) is 0 Å². The number of hydrogen-bond acceptors (Lipinski definition) is 4. The van der Waals surface area contributed by atoms with Crippen LogP contribution in [0.5, 0.6) is 0 Å². The number of nitrogens with one attached hydrogen (secondary N) is 1. The highest BCUT2D eigenvalue weighted by Gasteiger charge is 2.27. The minimum absolute atomic E-state index is 0.0370. The number of morpholine rings is 1. The molecule has 1 amide bonds. The van der Waals surface area contributed by atoms with Crippen LogP contribution in [0.4, 0.5) is 10.1 Å². The Morgan fingerprint density at radius 3 is 2.39 bits per heavy atom. The summed E-state index contributed by atoms with van der Waals surface area (Å²) in [7, 11) is 0. The smallest absolute Gasteiger partial charge is 0.220 e. The topological polar surface area (TPSA) is 54.5 Å². The van der Waals surface area contributed by atoms with Crippen molar-refractivity contribution in [1.29, 1.82) is 0 Å². The van der Waals surface area contributed by atoms with Gasteiger partial charge < -0.3 is 15.0 Å². The van der Waals surface area contributed by atoms with E-state index in [1.807, 2.05) is 39.8 Å². The van der Waals surface area contributed by atoms with E-state index in [9.17, 15) is 9.18 Å². The first-order valence-electron chi connectivity index (χ1n) is 11.2. The summed E-state index contributed by atoms with van der Waals surface area (Å²) in [6, 6.07) is 7.23. The molecule has 1 saturated carbocycles. The van der Waals surface area contributed by atoms with Gasteiger partial charge >= 0.3 is 0 Å².